The number of nitrogens with zero attached hydrogens (tertiary/aromatic N) is 1. The predicted octanol–water partition coefficient (Wildman–Crippen LogP) is 1.26. The van der Waals surface area contributed by atoms with Crippen molar-refractivity contribution in [3.8, 4) is 0 Å². The van der Waals surface area contributed by atoms with Gasteiger partial charge >= 0.3 is 0 Å². The molecule has 0 spiro atoms. The number of benzene rings is 1. The van der Waals surface area contributed by atoms with Gasteiger partial charge < -0.3 is 0 Å². The van der Waals surface area contributed by atoms with Gasteiger partial charge in [-0.05, 0) is 19.2 Å². The molecular weight excluding hydrogens is 222 g/mol. The van der Waals surface area contributed by atoms with E-state index in [-0.39, 0.29) is 10.5 Å². The summed E-state index contributed by atoms with van der Waals surface area (Å²) in [5, 5.41) is 0. The van der Waals surface area contributed by atoms with E-state index in [1.165, 1.54) is 14.1 Å². The molecule has 1 rings (SSSR count). The summed E-state index contributed by atoms with van der Waals surface area (Å²) < 4.78 is 40.4. The second-order valence-corrected chi connectivity index (χ2v) is 4.02. The lowest BCUT2D eigenvalue weighted by atomic mass is 10.2. The SMILES string of the molecule is CN=Cc1c(F)ccc(S(=O)NC)c1F. The first kappa shape index (κ1) is 11.9. The van der Waals surface area contributed by atoms with Crippen LogP contribution in [0.3, 0.4) is 0 Å². The minimum Gasteiger partial charge on any atom is -0.296 e. The zero-order valence-corrected chi connectivity index (χ0v) is 9.07. The van der Waals surface area contributed by atoms with Gasteiger partial charge in [-0.25, -0.2) is 17.7 Å². The third-order valence-corrected chi connectivity index (χ3v) is 2.82. The van der Waals surface area contributed by atoms with Gasteiger partial charge in [0.05, 0.1) is 10.5 Å². The predicted molar refractivity (Wildman–Crippen MR) is 55.3 cm³/mol. The van der Waals surface area contributed by atoms with Crippen molar-refractivity contribution in [2.24, 2.45) is 4.99 Å². The molecule has 0 saturated heterocycles. The Bertz CT molecular complexity index is 421. The Morgan fingerprint density at radius 1 is 1.47 bits per heavy atom. The summed E-state index contributed by atoms with van der Waals surface area (Å²) in [6.45, 7) is 0. The number of halogens is 2. The number of rotatable bonds is 3. The minimum atomic E-state index is -1.68. The topological polar surface area (TPSA) is 41.5 Å². The van der Waals surface area contributed by atoms with Crippen molar-refractivity contribution in [1.82, 2.24) is 4.72 Å². The van der Waals surface area contributed by atoms with Gasteiger partial charge in [-0.2, -0.15) is 0 Å². The van der Waals surface area contributed by atoms with Gasteiger partial charge in [-0.15, -0.1) is 0 Å². The van der Waals surface area contributed by atoms with Crippen LogP contribution in [0.15, 0.2) is 22.0 Å². The Labute approximate surface area is 88.8 Å². The smallest absolute Gasteiger partial charge is 0.152 e. The van der Waals surface area contributed by atoms with Gasteiger partial charge in [0.25, 0.3) is 0 Å². The van der Waals surface area contributed by atoms with E-state index in [1.54, 1.807) is 0 Å². The average molecular weight is 232 g/mol. The average Bonchev–Trinajstić information content (AvgIpc) is 2.23. The first-order chi connectivity index (χ1) is 7.11. The molecule has 0 heterocycles. The molecule has 3 nitrogen and oxygen atoms in total. The molecule has 1 unspecified atom stereocenters. The van der Waals surface area contributed by atoms with Crippen molar-refractivity contribution in [3.63, 3.8) is 0 Å². The van der Waals surface area contributed by atoms with Crippen LogP contribution in [-0.2, 0) is 11.0 Å². The summed E-state index contributed by atoms with van der Waals surface area (Å²) in [4.78, 5) is 3.44. The van der Waals surface area contributed by atoms with Crippen molar-refractivity contribution < 1.29 is 13.0 Å². The van der Waals surface area contributed by atoms with Gasteiger partial charge in [0, 0.05) is 13.3 Å². The molecule has 0 radical (unpaired) electrons. The highest BCUT2D eigenvalue weighted by Crippen LogP contribution is 2.17. The van der Waals surface area contributed by atoms with E-state index >= 15 is 0 Å². The molecule has 0 aliphatic carbocycles. The van der Waals surface area contributed by atoms with Crippen LogP contribution in [0.2, 0.25) is 0 Å². The molecule has 15 heavy (non-hydrogen) atoms. The summed E-state index contributed by atoms with van der Waals surface area (Å²) in [6, 6.07) is 2.20. The van der Waals surface area contributed by atoms with E-state index in [0.717, 1.165) is 18.3 Å². The summed E-state index contributed by atoms with van der Waals surface area (Å²) >= 11 is 0. The maximum Gasteiger partial charge on any atom is 0.152 e. The Kier molecular flexibility index (Phi) is 4.05. The molecule has 0 fully saturated rings. The fourth-order valence-corrected chi connectivity index (χ4v) is 1.73. The number of hydrogen-bond acceptors (Lipinski definition) is 2. The highest BCUT2D eigenvalue weighted by atomic mass is 32.2. The van der Waals surface area contributed by atoms with Crippen LogP contribution in [0.4, 0.5) is 8.78 Å². The summed E-state index contributed by atoms with van der Waals surface area (Å²) in [5.41, 5.74) is -0.279. The molecule has 0 amide bonds. The van der Waals surface area contributed by atoms with Crippen molar-refractivity contribution in [2.75, 3.05) is 14.1 Å². The standard InChI is InChI=1S/C9H10F2N2OS/c1-12-5-6-7(10)3-4-8(9(6)11)15(14)13-2/h3-5,13H,1-2H3. The fourth-order valence-electron chi connectivity index (χ4n) is 1.05. The molecule has 1 aromatic carbocycles. The van der Waals surface area contributed by atoms with Gasteiger partial charge in [0.2, 0.25) is 0 Å². The van der Waals surface area contributed by atoms with E-state index in [9.17, 15) is 13.0 Å². The number of hydrogen-bond donors (Lipinski definition) is 1. The Morgan fingerprint density at radius 2 is 2.13 bits per heavy atom. The van der Waals surface area contributed by atoms with Crippen LogP contribution in [0.25, 0.3) is 0 Å². The minimum absolute atomic E-state index is 0.0891. The van der Waals surface area contributed by atoms with Crippen molar-refractivity contribution in [2.45, 2.75) is 4.90 Å². The van der Waals surface area contributed by atoms with Crippen LogP contribution in [0.5, 0.6) is 0 Å². The third kappa shape index (κ3) is 2.45. The van der Waals surface area contributed by atoms with Crippen molar-refractivity contribution in [3.05, 3.63) is 29.3 Å². The zero-order chi connectivity index (χ0) is 11.4. The molecule has 0 aliphatic heterocycles. The summed E-state index contributed by atoms with van der Waals surface area (Å²) in [5.74, 6) is -1.58. The Hall–Kier alpha value is -1.14. The third-order valence-electron chi connectivity index (χ3n) is 1.73. The van der Waals surface area contributed by atoms with Crippen LogP contribution in [-0.4, -0.2) is 24.5 Å². The molecule has 6 heteroatoms. The zero-order valence-electron chi connectivity index (χ0n) is 8.25. The molecule has 1 N–H and O–H groups in total. The van der Waals surface area contributed by atoms with Gasteiger partial charge in [-0.1, -0.05) is 0 Å². The first-order valence-corrected chi connectivity index (χ1v) is 5.26. The van der Waals surface area contributed by atoms with Crippen LogP contribution in [0, 0.1) is 11.6 Å². The van der Waals surface area contributed by atoms with E-state index in [4.69, 9.17) is 0 Å². The van der Waals surface area contributed by atoms with Crippen LogP contribution >= 0.6 is 0 Å². The molecule has 0 bridgehead atoms. The van der Waals surface area contributed by atoms with E-state index in [2.05, 4.69) is 9.71 Å². The second kappa shape index (κ2) is 5.09. The largest absolute Gasteiger partial charge is 0.296 e. The monoisotopic (exact) mass is 232 g/mol. The lowest BCUT2D eigenvalue weighted by Gasteiger charge is -2.05. The van der Waals surface area contributed by atoms with Gasteiger partial charge in [-0.3, -0.25) is 4.99 Å². The first-order valence-electron chi connectivity index (χ1n) is 4.11. The fraction of sp³-hybridized carbons (Fsp3) is 0.222. The highest BCUT2D eigenvalue weighted by molar-refractivity contribution is 7.83. The maximum atomic E-state index is 13.6. The lowest BCUT2D eigenvalue weighted by molar-refractivity contribution is 0.558. The molecule has 82 valence electrons. The van der Waals surface area contributed by atoms with E-state index in [1.807, 2.05) is 0 Å². The number of nitrogens with one attached hydrogen (secondary N) is 1. The van der Waals surface area contributed by atoms with E-state index in [0.29, 0.717) is 0 Å². The molecule has 0 aromatic heterocycles. The Morgan fingerprint density at radius 3 is 2.67 bits per heavy atom. The summed E-state index contributed by atoms with van der Waals surface area (Å²) in [7, 11) is 1.15. The molecular formula is C9H10F2N2OS. The Balaban J connectivity index is 3.34. The van der Waals surface area contributed by atoms with Crippen LogP contribution in [0.1, 0.15) is 5.56 Å². The number of aliphatic imine (C=N–C) groups is 1. The van der Waals surface area contributed by atoms with Gasteiger partial charge in [0.15, 0.2) is 5.82 Å². The molecule has 0 saturated carbocycles. The second-order valence-electron chi connectivity index (χ2n) is 2.63. The molecule has 0 aliphatic rings. The summed E-state index contributed by atoms with van der Waals surface area (Å²) in [6.07, 6.45) is 1.06. The van der Waals surface area contributed by atoms with Gasteiger partial charge in [0.1, 0.15) is 16.8 Å². The quantitative estimate of drug-likeness (QED) is 0.783. The van der Waals surface area contributed by atoms with Crippen molar-refractivity contribution in [1.29, 1.82) is 0 Å². The highest BCUT2D eigenvalue weighted by Gasteiger charge is 2.15. The van der Waals surface area contributed by atoms with E-state index < -0.39 is 22.6 Å². The maximum absolute atomic E-state index is 13.6. The lowest BCUT2D eigenvalue weighted by Crippen LogP contribution is -2.13. The molecule has 1 atom stereocenters. The van der Waals surface area contributed by atoms with Crippen LogP contribution < -0.4 is 4.72 Å². The van der Waals surface area contributed by atoms with Crippen molar-refractivity contribution >= 4 is 17.2 Å². The normalized spacial score (nSPS) is 13.3. The molecule has 1 aromatic rings.